The zero-order valence-corrected chi connectivity index (χ0v) is 18.5. The summed E-state index contributed by atoms with van der Waals surface area (Å²) in [6.45, 7) is 2.74. The molecule has 31 heavy (non-hydrogen) atoms. The van der Waals surface area contributed by atoms with E-state index in [-0.39, 0.29) is 30.8 Å². The Balaban J connectivity index is 1.25. The summed E-state index contributed by atoms with van der Waals surface area (Å²) in [5.41, 5.74) is 3.34. The lowest BCUT2D eigenvalue weighted by atomic mass is 9.82. The number of fused-ring (bicyclic) bond motifs is 1. The molecule has 1 saturated heterocycles. The van der Waals surface area contributed by atoms with E-state index in [1.54, 1.807) is 16.2 Å². The zero-order valence-electron chi connectivity index (χ0n) is 17.6. The van der Waals surface area contributed by atoms with Crippen LogP contribution in [0, 0.1) is 6.92 Å². The molecule has 4 amide bonds. The Morgan fingerprint density at radius 1 is 1.23 bits per heavy atom. The third kappa shape index (κ3) is 3.52. The standard InChI is InChI=1S/C23H26N4O3S/c1-15-24-18(14-31-15)16-5-6-19-17(13-16)7-11-26(19)20(28)8-12-27-21(29)23(25-22(27)30)9-3-2-4-10-23/h5-6,13-14H,2-4,7-12H2,1H3,(H,25,30). The molecule has 1 aromatic carbocycles. The van der Waals surface area contributed by atoms with Gasteiger partial charge < -0.3 is 10.2 Å². The highest BCUT2D eigenvalue weighted by atomic mass is 32.1. The van der Waals surface area contributed by atoms with Crippen molar-refractivity contribution < 1.29 is 14.4 Å². The van der Waals surface area contributed by atoms with Gasteiger partial charge in [-0.1, -0.05) is 25.3 Å². The molecule has 1 N–H and O–H groups in total. The van der Waals surface area contributed by atoms with Crippen LogP contribution in [0.25, 0.3) is 11.3 Å². The average Bonchev–Trinajstić information content (AvgIpc) is 3.44. The van der Waals surface area contributed by atoms with Crippen molar-refractivity contribution in [3.63, 3.8) is 0 Å². The Morgan fingerprint density at radius 2 is 2.03 bits per heavy atom. The molecular weight excluding hydrogens is 412 g/mol. The molecule has 3 aliphatic rings. The van der Waals surface area contributed by atoms with Crippen molar-refractivity contribution in [3.8, 4) is 11.3 Å². The summed E-state index contributed by atoms with van der Waals surface area (Å²) in [5.74, 6) is -0.212. The summed E-state index contributed by atoms with van der Waals surface area (Å²) in [6, 6.07) is 5.74. The number of rotatable bonds is 4. The van der Waals surface area contributed by atoms with Gasteiger partial charge in [0, 0.05) is 36.1 Å². The summed E-state index contributed by atoms with van der Waals surface area (Å²) in [7, 11) is 0. The molecule has 0 unspecified atom stereocenters. The predicted octanol–water partition coefficient (Wildman–Crippen LogP) is 3.65. The summed E-state index contributed by atoms with van der Waals surface area (Å²) in [4.78, 5) is 45.9. The maximum Gasteiger partial charge on any atom is 0.325 e. The van der Waals surface area contributed by atoms with Crippen LogP contribution in [0.2, 0.25) is 0 Å². The monoisotopic (exact) mass is 438 g/mol. The molecule has 7 nitrogen and oxygen atoms in total. The van der Waals surface area contributed by atoms with Crippen LogP contribution >= 0.6 is 11.3 Å². The Kier molecular flexibility index (Phi) is 5.04. The Morgan fingerprint density at radius 3 is 2.77 bits per heavy atom. The molecule has 3 heterocycles. The Labute approximate surface area is 185 Å². The second kappa shape index (κ2) is 7.75. The van der Waals surface area contributed by atoms with Crippen molar-refractivity contribution in [2.75, 3.05) is 18.0 Å². The quantitative estimate of drug-likeness (QED) is 0.739. The number of benzene rings is 1. The van der Waals surface area contributed by atoms with Gasteiger partial charge in [0.15, 0.2) is 0 Å². The minimum atomic E-state index is -0.733. The number of amides is 4. The molecule has 1 saturated carbocycles. The Bertz CT molecular complexity index is 1060. The molecule has 0 atom stereocenters. The van der Waals surface area contributed by atoms with E-state index < -0.39 is 5.54 Å². The molecule has 2 aliphatic heterocycles. The van der Waals surface area contributed by atoms with E-state index in [2.05, 4.69) is 16.4 Å². The number of hydrogen-bond acceptors (Lipinski definition) is 5. The highest BCUT2D eigenvalue weighted by Gasteiger charge is 2.51. The minimum Gasteiger partial charge on any atom is -0.323 e. The van der Waals surface area contributed by atoms with Gasteiger partial charge in [0.25, 0.3) is 5.91 Å². The molecule has 8 heteroatoms. The van der Waals surface area contributed by atoms with Crippen LogP contribution in [0.5, 0.6) is 0 Å². The second-order valence-corrected chi connectivity index (χ2v) is 9.73. The number of imide groups is 1. The summed E-state index contributed by atoms with van der Waals surface area (Å²) in [5, 5.41) is 5.99. The van der Waals surface area contributed by atoms with E-state index in [4.69, 9.17) is 0 Å². The molecule has 2 aromatic rings. The number of nitrogens with one attached hydrogen (secondary N) is 1. The third-order valence-corrected chi connectivity index (χ3v) is 7.47. The maximum absolute atomic E-state index is 12.9. The number of aryl methyl sites for hydroxylation is 1. The van der Waals surface area contributed by atoms with Crippen molar-refractivity contribution in [2.45, 2.75) is 57.4 Å². The second-order valence-electron chi connectivity index (χ2n) is 8.67. The van der Waals surface area contributed by atoms with Crippen molar-refractivity contribution >= 4 is 34.9 Å². The molecule has 1 aliphatic carbocycles. The van der Waals surface area contributed by atoms with Crippen LogP contribution in [-0.2, 0) is 16.0 Å². The van der Waals surface area contributed by atoms with Gasteiger partial charge in [-0.05, 0) is 43.9 Å². The van der Waals surface area contributed by atoms with Crippen LogP contribution in [0.3, 0.4) is 0 Å². The molecule has 1 aromatic heterocycles. The number of anilines is 1. The van der Waals surface area contributed by atoms with E-state index in [0.717, 1.165) is 53.2 Å². The highest BCUT2D eigenvalue weighted by molar-refractivity contribution is 7.09. The van der Waals surface area contributed by atoms with E-state index in [1.807, 2.05) is 24.4 Å². The molecule has 0 bridgehead atoms. The summed E-state index contributed by atoms with van der Waals surface area (Å²) in [6.07, 6.45) is 5.33. The Hall–Kier alpha value is -2.74. The number of aromatic nitrogens is 1. The fourth-order valence-electron chi connectivity index (χ4n) is 5.03. The van der Waals surface area contributed by atoms with Gasteiger partial charge >= 0.3 is 6.03 Å². The van der Waals surface area contributed by atoms with Gasteiger partial charge in [-0.2, -0.15) is 0 Å². The van der Waals surface area contributed by atoms with Crippen LogP contribution in [-0.4, -0.2) is 46.4 Å². The zero-order chi connectivity index (χ0) is 21.6. The van der Waals surface area contributed by atoms with Gasteiger partial charge in [-0.25, -0.2) is 9.78 Å². The topological polar surface area (TPSA) is 82.6 Å². The predicted molar refractivity (Wildman–Crippen MR) is 119 cm³/mol. The summed E-state index contributed by atoms with van der Waals surface area (Å²) >= 11 is 1.62. The molecular formula is C23H26N4O3S. The smallest absolute Gasteiger partial charge is 0.323 e. The van der Waals surface area contributed by atoms with E-state index >= 15 is 0 Å². The number of carbonyl (C=O) groups excluding carboxylic acids is 3. The van der Waals surface area contributed by atoms with Crippen molar-refractivity contribution in [1.82, 2.24) is 15.2 Å². The summed E-state index contributed by atoms with van der Waals surface area (Å²) < 4.78 is 0. The largest absolute Gasteiger partial charge is 0.325 e. The number of hydrogen-bond donors (Lipinski definition) is 1. The average molecular weight is 439 g/mol. The van der Waals surface area contributed by atoms with E-state index in [1.165, 1.54) is 4.90 Å². The molecule has 0 radical (unpaired) electrons. The fraction of sp³-hybridized carbons (Fsp3) is 0.478. The van der Waals surface area contributed by atoms with Gasteiger partial charge in [-0.3, -0.25) is 14.5 Å². The third-order valence-electron chi connectivity index (χ3n) is 6.69. The van der Waals surface area contributed by atoms with Crippen molar-refractivity contribution in [2.24, 2.45) is 0 Å². The molecule has 1 spiro atoms. The SMILES string of the molecule is Cc1nc(-c2ccc3c(c2)CCN3C(=O)CCN2C(=O)NC3(CCCCC3)C2=O)cs1. The first-order valence-electron chi connectivity index (χ1n) is 11.0. The van der Waals surface area contributed by atoms with E-state index in [9.17, 15) is 14.4 Å². The highest BCUT2D eigenvalue weighted by Crippen LogP contribution is 2.35. The number of urea groups is 1. The first kappa shape index (κ1) is 20.2. The van der Waals surface area contributed by atoms with Gasteiger partial charge in [0.2, 0.25) is 5.91 Å². The maximum atomic E-state index is 12.9. The lowest BCUT2D eigenvalue weighted by molar-refractivity contribution is -0.132. The molecule has 162 valence electrons. The lowest BCUT2D eigenvalue weighted by Gasteiger charge is -2.30. The number of carbonyl (C=O) groups is 3. The normalized spacial score (nSPS) is 19.8. The lowest BCUT2D eigenvalue weighted by Crippen LogP contribution is -2.48. The van der Waals surface area contributed by atoms with Gasteiger partial charge in [0.05, 0.1) is 10.7 Å². The first-order chi connectivity index (χ1) is 15.0. The van der Waals surface area contributed by atoms with Crippen molar-refractivity contribution in [3.05, 3.63) is 34.2 Å². The van der Waals surface area contributed by atoms with Gasteiger partial charge in [0.1, 0.15) is 5.54 Å². The van der Waals surface area contributed by atoms with Crippen LogP contribution in [0.4, 0.5) is 10.5 Å². The van der Waals surface area contributed by atoms with Crippen LogP contribution in [0.1, 0.15) is 49.1 Å². The molecule has 2 fully saturated rings. The van der Waals surface area contributed by atoms with Crippen LogP contribution in [0.15, 0.2) is 23.6 Å². The minimum absolute atomic E-state index is 0.0544. The van der Waals surface area contributed by atoms with Crippen molar-refractivity contribution in [1.29, 1.82) is 0 Å². The van der Waals surface area contributed by atoms with E-state index in [0.29, 0.717) is 19.4 Å². The number of nitrogens with zero attached hydrogens (tertiary/aromatic N) is 3. The first-order valence-corrected chi connectivity index (χ1v) is 11.8. The van der Waals surface area contributed by atoms with Gasteiger partial charge in [-0.15, -0.1) is 11.3 Å². The number of thiazole rings is 1. The molecule has 5 rings (SSSR count). The van der Waals surface area contributed by atoms with Crippen LogP contribution < -0.4 is 10.2 Å². The fourth-order valence-corrected chi connectivity index (χ4v) is 5.65.